The van der Waals surface area contributed by atoms with Gasteiger partial charge in [-0.05, 0) is 75.9 Å². The van der Waals surface area contributed by atoms with Gasteiger partial charge in [0.05, 0.1) is 24.5 Å². The second kappa shape index (κ2) is 14.3. The lowest BCUT2D eigenvalue weighted by Crippen LogP contribution is -2.50. The molecule has 0 bridgehead atoms. The Labute approximate surface area is 300 Å². The summed E-state index contributed by atoms with van der Waals surface area (Å²) in [5, 5.41) is 14.9. The Kier molecular flexibility index (Phi) is 10.2. The average Bonchev–Trinajstić information content (AvgIpc) is 3.49. The molecular formula is C39H52N8O4. The Bertz CT molecular complexity index is 1890. The SMILES string of the molecule is COCC(C)(C)c1nnc2ccc(O[C@@H]3CC[C@H](NC(=O)Nc4cc(C(C)(C)C)nc(C(=O)CCC5(N(C)C)CCC5)n4)c4ccccc43)cn12. The molecule has 0 unspecified atom stereocenters. The van der Waals surface area contributed by atoms with Crippen molar-refractivity contribution in [1.82, 2.24) is 34.8 Å². The number of Topliss-reactive ketones (excluding diaryl/α,β-unsaturated/α-hetero) is 1. The zero-order valence-electron chi connectivity index (χ0n) is 31.2. The van der Waals surface area contributed by atoms with Crippen molar-refractivity contribution in [1.29, 1.82) is 0 Å². The van der Waals surface area contributed by atoms with E-state index in [1.165, 1.54) is 6.42 Å². The summed E-state index contributed by atoms with van der Waals surface area (Å²) in [6, 6.07) is 13.0. The number of pyridine rings is 1. The van der Waals surface area contributed by atoms with Crippen molar-refractivity contribution in [2.45, 2.75) is 108 Å². The van der Waals surface area contributed by atoms with Crippen LogP contribution in [0, 0.1) is 0 Å². The summed E-state index contributed by atoms with van der Waals surface area (Å²) in [6.07, 6.45) is 7.58. The Morgan fingerprint density at radius 1 is 1.00 bits per heavy atom. The van der Waals surface area contributed by atoms with Crippen LogP contribution in [-0.2, 0) is 15.6 Å². The minimum Gasteiger partial charge on any atom is -0.484 e. The minimum absolute atomic E-state index is 0.0640. The van der Waals surface area contributed by atoms with Crippen LogP contribution >= 0.6 is 0 Å². The van der Waals surface area contributed by atoms with Crippen LogP contribution in [0.3, 0.4) is 0 Å². The van der Waals surface area contributed by atoms with Crippen LogP contribution in [0.2, 0.25) is 0 Å². The number of carbonyl (C=O) groups excluding carboxylic acids is 2. The average molecular weight is 697 g/mol. The third-order valence-corrected chi connectivity index (χ3v) is 10.5. The van der Waals surface area contributed by atoms with E-state index in [1.54, 1.807) is 13.2 Å². The van der Waals surface area contributed by atoms with Crippen LogP contribution in [0.15, 0.2) is 48.7 Å². The van der Waals surface area contributed by atoms with Crippen molar-refractivity contribution >= 4 is 23.3 Å². The van der Waals surface area contributed by atoms with Crippen molar-refractivity contribution < 1.29 is 19.1 Å². The van der Waals surface area contributed by atoms with Gasteiger partial charge in [-0.2, -0.15) is 0 Å². The topological polar surface area (TPSA) is 136 Å². The number of benzene rings is 1. The third kappa shape index (κ3) is 7.77. The number of nitrogens with one attached hydrogen (secondary N) is 2. The molecule has 2 N–H and O–H groups in total. The van der Waals surface area contributed by atoms with E-state index in [1.807, 2.05) is 61.7 Å². The summed E-state index contributed by atoms with van der Waals surface area (Å²) in [7, 11) is 5.85. The largest absolute Gasteiger partial charge is 0.484 e. The molecule has 0 radical (unpaired) electrons. The van der Waals surface area contributed by atoms with Gasteiger partial charge in [0.2, 0.25) is 0 Å². The zero-order chi connectivity index (χ0) is 36.6. The highest BCUT2D eigenvalue weighted by Crippen LogP contribution is 2.41. The summed E-state index contributed by atoms with van der Waals surface area (Å²) in [6.45, 7) is 10.8. The van der Waals surface area contributed by atoms with E-state index in [4.69, 9.17) is 9.47 Å². The fourth-order valence-electron chi connectivity index (χ4n) is 7.31. The van der Waals surface area contributed by atoms with Gasteiger partial charge in [0, 0.05) is 36.0 Å². The van der Waals surface area contributed by atoms with E-state index in [9.17, 15) is 9.59 Å². The lowest BCUT2D eigenvalue weighted by Gasteiger charge is -2.47. The first-order chi connectivity index (χ1) is 24.2. The van der Waals surface area contributed by atoms with E-state index in [0.29, 0.717) is 43.1 Å². The van der Waals surface area contributed by atoms with E-state index >= 15 is 0 Å². The maximum atomic E-state index is 13.5. The highest BCUT2D eigenvalue weighted by Gasteiger charge is 2.39. The lowest BCUT2D eigenvalue weighted by atomic mass is 9.72. The highest BCUT2D eigenvalue weighted by atomic mass is 16.5. The number of ketones is 1. The van der Waals surface area contributed by atoms with Gasteiger partial charge in [0.25, 0.3) is 0 Å². The monoisotopic (exact) mass is 696 g/mol. The fourth-order valence-corrected chi connectivity index (χ4v) is 7.31. The quantitative estimate of drug-likeness (QED) is 0.151. The van der Waals surface area contributed by atoms with Crippen LogP contribution in [-0.4, -0.2) is 74.6 Å². The van der Waals surface area contributed by atoms with E-state index in [0.717, 1.165) is 41.9 Å². The van der Waals surface area contributed by atoms with Crippen LogP contribution in [0.4, 0.5) is 10.6 Å². The molecule has 0 spiro atoms. The van der Waals surface area contributed by atoms with Gasteiger partial charge in [0.1, 0.15) is 23.5 Å². The number of hydrogen-bond acceptors (Lipinski definition) is 9. The molecule has 3 aromatic heterocycles. The summed E-state index contributed by atoms with van der Waals surface area (Å²) in [4.78, 5) is 38.4. The highest BCUT2D eigenvalue weighted by molar-refractivity contribution is 5.94. The second-order valence-corrected chi connectivity index (χ2v) is 16.0. The molecule has 1 aromatic carbocycles. The maximum Gasteiger partial charge on any atom is 0.320 e. The number of nitrogens with zero attached hydrogens (tertiary/aromatic N) is 6. The molecule has 2 aliphatic carbocycles. The Morgan fingerprint density at radius 2 is 1.75 bits per heavy atom. The number of rotatable bonds is 12. The summed E-state index contributed by atoms with van der Waals surface area (Å²) in [5.74, 6) is 1.85. The van der Waals surface area contributed by atoms with Gasteiger partial charge in [-0.25, -0.2) is 14.8 Å². The molecule has 3 heterocycles. The van der Waals surface area contributed by atoms with E-state index in [2.05, 4.69) is 69.7 Å². The third-order valence-electron chi connectivity index (χ3n) is 10.5. The second-order valence-electron chi connectivity index (χ2n) is 16.0. The van der Waals surface area contributed by atoms with Crippen molar-refractivity contribution in [3.63, 3.8) is 0 Å². The van der Waals surface area contributed by atoms with Crippen LogP contribution in [0.5, 0.6) is 5.75 Å². The molecule has 2 aliphatic rings. The predicted molar refractivity (Wildman–Crippen MR) is 196 cm³/mol. The van der Waals surface area contributed by atoms with Gasteiger partial charge >= 0.3 is 6.03 Å². The molecule has 2 atom stereocenters. The zero-order valence-corrected chi connectivity index (χ0v) is 31.2. The fraction of sp³-hybridized carbons (Fsp3) is 0.538. The van der Waals surface area contributed by atoms with Crippen molar-refractivity contribution in [2.75, 3.05) is 33.1 Å². The number of methoxy groups -OCH3 is 1. The van der Waals surface area contributed by atoms with Gasteiger partial charge in [-0.3, -0.25) is 14.5 Å². The molecule has 1 saturated carbocycles. The first-order valence-corrected chi connectivity index (χ1v) is 18.0. The number of aromatic nitrogens is 5. The Morgan fingerprint density at radius 3 is 2.41 bits per heavy atom. The molecule has 4 aromatic rings. The van der Waals surface area contributed by atoms with Gasteiger partial charge in [0.15, 0.2) is 17.3 Å². The van der Waals surface area contributed by atoms with Gasteiger partial charge in [-0.15, -0.1) is 10.2 Å². The molecule has 272 valence electrons. The van der Waals surface area contributed by atoms with Gasteiger partial charge < -0.3 is 19.7 Å². The summed E-state index contributed by atoms with van der Waals surface area (Å²) in [5.41, 5.74) is 2.83. The Balaban J connectivity index is 1.16. The number of amides is 2. The normalized spacial score (nSPS) is 18.6. The molecule has 12 nitrogen and oxygen atoms in total. The first kappa shape index (κ1) is 36.4. The standard InChI is InChI=1S/C39H52N8O4/c1-37(2,3)31-22-32(42-34(41-31)29(48)18-21-39(46(6)7)19-11-20-39)43-36(49)40-28-15-16-30(27-13-10-9-12-26(27)28)51-25-14-17-33-44-45-35(47(33)23-25)38(4,5)24-50-8/h9-10,12-14,17,22-23,28,30H,11,15-16,18-21,24H2,1-8H3,(H2,40,41,42,43,49)/t28-,30+/m0/s1. The maximum absolute atomic E-state index is 13.5. The first-order valence-electron chi connectivity index (χ1n) is 18.0. The molecular weight excluding hydrogens is 644 g/mol. The Hall–Kier alpha value is -4.42. The molecule has 12 heteroatoms. The number of hydrogen-bond donors (Lipinski definition) is 2. The number of anilines is 1. The van der Waals surface area contributed by atoms with Crippen LogP contribution in [0.1, 0.15) is 125 Å². The molecule has 2 amide bonds. The smallest absolute Gasteiger partial charge is 0.320 e. The molecule has 51 heavy (non-hydrogen) atoms. The lowest BCUT2D eigenvalue weighted by molar-refractivity contribution is 0.0472. The molecule has 0 aliphatic heterocycles. The number of ether oxygens (including phenoxy) is 2. The van der Waals surface area contributed by atoms with Crippen molar-refractivity contribution in [2.24, 2.45) is 0 Å². The molecule has 6 rings (SSSR count). The summed E-state index contributed by atoms with van der Waals surface area (Å²) >= 11 is 0. The van der Waals surface area contributed by atoms with Crippen LogP contribution < -0.4 is 15.4 Å². The number of fused-ring (bicyclic) bond motifs is 2. The summed E-state index contributed by atoms with van der Waals surface area (Å²) < 4.78 is 14.0. The van der Waals surface area contributed by atoms with Gasteiger partial charge in [-0.1, -0.05) is 58.9 Å². The van der Waals surface area contributed by atoms with Crippen LogP contribution in [0.25, 0.3) is 5.65 Å². The molecule has 1 fully saturated rings. The van der Waals surface area contributed by atoms with E-state index < -0.39 is 6.03 Å². The number of carbonyl (C=O) groups is 2. The van der Waals surface area contributed by atoms with E-state index in [-0.39, 0.29) is 40.1 Å². The minimum atomic E-state index is -0.392. The van der Waals surface area contributed by atoms with Crippen molar-refractivity contribution in [3.05, 3.63) is 77.1 Å². The number of urea groups is 1. The predicted octanol–water partition coefficient (Wildman–Crippen LogP) is 6.96. The molecule has 0 saturated heterocycles. The van der Waals surface area contributed by atoms with Crippen molar-refractivity contribution in [3.8, 4) is 5.75 Å².